The summed E-state index contributed by atoms with van der Waals surface area (Å²) >= 11 is 0. The number of urea groups is 1. The van der Waals surface area contributed by atoms with Crippen LogP contribution in [0, 0.1) is 0 Å². The van der Waals surface area contributed by atoms with E-state index in [1.807, 2.05) is 35.2 Å². The van der Waals surface area contributed by atoms with Crippen molar-refractivity contribution in [3.05, 3.63) is 35.9 Å². The van der Waals surface area contributed by atoms with Crippen LogP contribution >= 0.6 is 12.4 Å². The van der Waals surface area contributed by atoms with Crippen LogP contribution in [0.3, 0.4) is 0 Å². The molecule has 0 saturated carbocycles. The summed E-state index contributed by atoms with van der Waals surface area (Å²) in [5.74, 6) is 0.0989. The summed E-state index contributed by atoms with van der Waals surface area (Å²) in [6, 6.07) is 10.2. The number of carbonyl (C=O) groups excluding carboxylic acids is 2. The van der Waals surface area contributed by atoms with Crippen LogP contribution in [0.1, 0.15) is 25.8 Å². The number of halogens is 1. The molecule has 1 fully saturated rings. The number of piperazine rings is 1. The molecular formula is C18H29ClN4O2. The van der Waals surface area contributed by atoms with Crippen LogP contribution in [0.2, 0.25) is 0 Å². The highest BCUT2D eigenvalue weighted by Gasteiger charge is 2.27. The van der Waals surface area contributed by atoms with E-state index in [0.717, 1.165) is 18.7 Å². The number of nitrogens with zero attached hydrogens (tertiary/aromatic N) is 2. The summed E-state index contributed by atoms with van der Waals surface area (Å²) in [7, 11) is 1.75. The quantitative estimate of drug-likeness (QED) is 0.833. The zero-order valence-corrected chi connectivity index (χ0v) is 16.0. The van der Waals surface area contributed by atoms with E-state index in [9.17, 15) is 9.59 Å². The molecule has 1 aromatic carbocycles. The number of nitrogens with one attached hydrogen (secondary N) is 2. The third-order valence-corrected chi connectivity index (χ3v) is 4.58. The highest BCUT2D eigenvalue weighted by Crippen LogP contribution is 2.10. The smallest absolute Gasteiger partial charge is 0.317 e. The van der Waals surface area contributed by atoms with Crippen LogP contribution in [0.4, 0.5) is 4.79 Å². The number of carbonyl (C=O) groups is 2. The molecule has 0 bridgehead atoms. The van der Waals surface area contributed by atoms with Crippen molar-refractivity contribution in [1.29, 1.82) is 0 Å². The zero-order valence-electron chi connectivity index (χ0n) is 15.2. The first-order valence-electron chi connectivity index (χ1n) is 8.54. The van der Waals surface area contributed by atoms with Gasteiger partial charge in [0.1, 0.15) is 0 Å². The van der Waals surface area contributed by atoms with Crippen LogP contribution in [0.15, 0.2) is 30.3 Å². The van der Waals surface area contributed by atoms with Crippen molar-refractivity contribution in [1.82, 2.24) is 20.4 Å². The summed E-state index contributed by atoms with van der Waals surface area (Å²) in [4.78, 5) is 28.0. The molecule has 2 rings (SSSR count). The van der Waals surface area contributed by atoms with Gasteiger partial charge < -0.3 is 20.4 Å². The van der Waals surface area contributed by atoms with E-state index in [1.165, 1.54) is 0 Å². The van der Waals surface area contributed by atoms with Crippen molar-refractivity contribution in [3.8, 4) is 0 Å². The second kappa shape index (κ2) is 10.3. The number of amides is 3. The highest BCUT2D eigenvalue weighted by molar-refractivity contribution is 5.85. The molecule has 0 aliphatic carbocycles. The standard InChI is InChI=1S/C18H28N4O2.ClH/c1-14-15(2)22(12-11-19-14)17(23)9-10-20-18(24)21(3)13-16-7-5-4-6-8-16;/h4-8,14-15,19H,9-13H2,1-3H3,(H,20,24);1H. The van der Waals surface area contributed by atoms with E-state index in [2.05, 4.69) is 24.5 Å². The Balaban J connectivity index is 0.00000312. The minimum Gasteiger partial charge on any atom is -0.337 e. The SMILES string of the molecule is CC1NCCN(C(=O)CCNC(=O)N(C)Cc2ccccc2)C1C.Cl. The fourth-order valence-electron chi connectivity index (χ4n) is 2.89. The summed E-state index contributed by atoms with van der Waals surface area (Å²) in [6.07, 6.45) is 0.335. The van der Waals surface area contributed by atoms with Crippen LogP contribution < -0.4 is 10.6 Å². The molecule has 2 atom stereocenters. The van der Waals surface area contributed by atoms with E-state index in [0.29, 0.717) is 25.6 Å². The van der Waals surface area contributed by atoms with Crippen LogP contribution in [-0.2, 0) is 11.3 Å². The molecule has 1 aliphatic heterocycles. The lowest BCUT2D eigenvalue weighted by molar-refractivity contribution is -0.134. The van der Waals surface area contributed by atoms with Crippen molar-refractivity contribution < 1.29 is 9.59 Å². The molecule has 140 valence electrons. The maximum atomic E-state index is 12.3. The Bertz CT molecular complexity index is 555. The Hall–Kier alpha value is -1.79. The molecule has 0 radical (unpaired) electrons. The molecule has 7 heteroatoms. The molecule has 3 amide bonds. The molecule has 0 spiro atoms. The molecule has 1 aliphatic rings. The van der Waals surface area contributed by atoms with E-state index in [1.54, 1.807) is 11.9 Å². The molecule has 1 saturated heterocycles. The maximum absolute atomic E-state index is 12.3. The Kier molecular flexibility index (Phi) is 8.72. The lowest BCUT2D eigenvalue weighted by Gasteiger charge is -2.38. The minimum atomic E-state index is -0.159. The van der Waals surface area contributed by atoms with E-state index < -0.39 is 0 Å². The first kappa shape index (κ1) is 21.3. The van der Waals surface area contributed by atoms with Crippen molar-refractivity contribution in [3.63, 3.8) is 0 Å². The number of rotatable bonds is 5. The molecule has 1 heterocycles. The number of hydrogen-bond acceptors (Lipinski definition) is 3. The summed E-state index contributed by atoms with van der Waals surface area (Å²) in [5.41, 5.74) is 1.08. The fourth-order valence-corrected chi connectivity index (χ4v) is 2.89. The van der Waals surface area contributed by atoms with Crippen molar-refractivity contribution in [2.24, 2.45) is 0 Å². The lowest BCUT2D eigenvalue weighted by atomic mass is 10.1. The summed E-state index contributed by atoms with van der Waals surface area (Å²) in [6.45, 7) is 6.61. The second-order valence-electron chi connectivity index (χ2n) is 6.39. The topological polar surface area (TPSA) is 64.7 Å². The van der Waals surface area contributed by atoms with E-state index in [4.69, 9.17) is 0 Å². The second-order valence-corrected chi connectivity index (χ2v) is 6.39. The van der Waals surface area contributed by atoms with Gasteiger partial charge in [-0.05, 0) is 19.4 Å². The lowest BCUT2D eigenvalue weighted by Crippen LogP contribution is -2.57. The van der Waals surface area contributed by atoms with Gasteiger partial charge in [-0.2, -0.15) is 0 Å². The van der Waals surface area contributed by atoms with Gasteiger partial charge in [0.15, 0.2) is 0 Å². The van der Waals surface area contributed by atoms with Gasteiger partial charge in [0.05, 0.1) is 0 Å². The van der Waals surface area contributed by atoms with Crippen molar-refractivity contribution in [2.45, 2.75) is 38.9 Å². The maximum Gasteiger partial charge on any atom is 0.317 e. The Morgan fingerprint density at radius 3 is 2.64 bits per heavy atom. The van der Waals surface area contributed by atoms with Crippen LogP contribution in [-0.4, -0.2) is 60.5 Å². The Morgan fingerprint density at radius 1 is 1.28 bits per heavy atom. The average molecular weight is 369 g/mol. The highest BCUT2D eigenvalue weighted by atomic mass is 35.5. The third kappa shape index (κ3) is 6.21. The van der Waals surface area contributed by atoms with Gasteiger partial charge in [-0.1, -0.05) is 30.3 Å². The van der Waals surface area contributed by atoms with Gasteiger partial charge in [-0.15, -0.1) is 12.4 Å². The zero-order chi connectivity index (χ0) is 17.5. The molecule has 6 nitrogen and oxygen atoms in total. The van der Waals surface area contributed by atoms with Gasteiger partial charge >= 0.3 is 6.03 Å². The summed E-state index contributed by atoms with van der Waals surface area (Å²) < 4.78 is 0. The van der Waals surface area contributed by atoms with Gasteiger partial charge in [0, 0.05) is 51.7 Å². The normalized spacial score (nSPS) is 19.7. The minimum absolute atomic E-state index is 0. The van der Waals surface area contributed by atoms with Gasteiger partial charge in [-0.3, -0.25) is 4.79 Å². The number of benzene rings is 1. The van der Waals surface area contributed by atoms with Crippen LogP contribution in [0.5, 0.6) is 0 Å². The van der Waals surface area contributed by atoms with E-state index >= 15 is 0 Å². The monoisotopic (exact) mass is 368 g/mol. The van der Waals surface area contributed by atoms with Crippen molar-refractivity contribution >= 4 is 24.3 Å². The molecule has 25 heavy (non-hydrogen) atoms. The predicted molar refractivity (Wildman–Crippen MR) is 102 cm³/mol. The first-order valence-corrected chi connectivity index (χ1v) is 8.54. The van der Waals surface area contributed by atoms with Crippen LogP contribution in [0.25, 0.3) is 0 Å². The van der Waals surface area contributed by atoms with Gasteiger partial charge in [0.25, 0.3) is 0 Å². The Morgan fingerprint density at radius 2 is 1.96 bits per heavy atom. The predicted octanol–water partition coefficient (Wildman–Crippen LogP) is 1.85. The molecule has 2 N–H and O–H groups in total. The molecule has 1 aromatic rings. The number of hydrogen-bond donors (Lipinski definition) is 2. The van der Waals surface area contributed by atoms with Gasteiger partial charge in [0.2, 0.25) is 5.91 Å². The fraction of sp³-hybridized carbons (Fsp3) is 0.556. The Labute approximate surface area is 156 Å². The van der Waals surface area contributed by atoms with E-state index in [-0.39, 0.29) is 30.4 Å². The molecular weight excluding hydrogens is 340 g/mol. The van der Waals surface area contributed by atoms with Crippen molar-refractivity contribution in [2.75, 3.05) is 26.7 Å². The molecule has 2 unspecified atom stereocenters. The average Bonchev–Trinajstić information content (AvgIpc) is 2.58. The molecule has 0 aromatic heterocycles. The van der Waals surface area contributed by atoms with Gasteiger partial charge in [-0.25, -0.2) is 4.79 Å². The summed E-state index contributed by atoms with van der Waals surface area (Å²) in [5, 5.41) is 6.18. The largest absolute Gasteiger partial charge is 0.337 e. The third-order valence-electron chi connectivity index (χ3n) is 4.58. The first-order chi connectivity index (χ1) is 11.5.